The van der Waals surface area contributed by atoms with Crippen LogP contribution in [-0.4, -0.2) is 44.9 Å². The molecule has 1 heterocycles. The molecule has 2 aromatic carbocycles. The van der Waals surface area contributed by atoms with E-state index in [9.17, 15) is 22.0 Å². The first-order valence-electron chi connectivity index (χ1n) is 10.3. The highest BCUT2D eigenvalue weighted by Gasteiger charge is 2.27. The zero-order valence-corrected chi connectivity index (χ0v) is 19.2. The van der Waals surface area contributed by atoms with E-state index in [-0.39, 0.29) is 29.1 Å². The third-order valence-corrected chi connectivity index (χ3v) is 6.80. The van der Waals surface area contributed by atoms with Crippen molar-refractivity contribution in [3.63, 3.8) is 0 Å². The number of carbonyl (C=O) groups excluding carboxylic acids is 1. The van der Waals surface area contributed by atoms with Gasteiger partial charge in [0.25, 0.3) is 5.91 Å². The number of nitrogens with one attached hydrogen (secondary N) is 2. The number of carbonyl (C=O) groups is 1. The maximum absolute atomic E-state index is 14.7. The second-order valence-electron chi connectivity index (χ2n) is 8.18. The van der Waals surface area contributed by atoms with Crippen LogP contribution >= 0.6 is 0 Å². The van der Waals surface area contributed by atoms with Gasteiger partial charge < -0.3 is 15.0 Å². The van der Waals surface area contributed by atoms with Crippen molar-refractivity contribution in [2.75, 3.05) is 28.0 Å². The van der Waals surface area contributed by atoms with Gasteiger partial charge in [-0.2, -0.15) is 0 Å². The van der Waals surface area contributed by atoms with E-state index in [0.717, 1.165) is 12.1 Å². The molecule has 1 aliphatic heterocycles. The number of sulfonamides is 1. The summed E-state index contributed by atoms with van der Waals surface area (Å²) < 4.78 is 61.4. The lowest BCUT2D eigenvalue weighted by atomic mass is 10.1. The van der Waals surface area contributed by atoms with E-state index in [2.05, 4.69) is 10.0 Å². The fourth-order valence-corrected chi connectivity index (χ4v) is 4.18. The highest BCUT2D eigenvalue weighted by Crippen LogP contribution is 2.30. The predicted octanol–water partition coefficient (Wildman–Crippen LogP) is 3.98. The molecule has 0 aromatic heterocycles. The Morgan fingerprint density at radius 1 is 1.03 bits per heavy atom. The molecule has 0 spiro atoms. The lowest BCUT2D eigenvalue weighted by Crippen LogP contribution is -2.46. The van der Waals surface area contributed by atoms with Crippen molar-refractivity contribution in [3.8, 4) is 0 Å². The van der Waals surface area contributed by atoms with Gasteiger partial charge in [0.05, 0.1) is 17.5 Å². The second-order valence-corrected chi connectivity index (χ2v) is 10.4. The minimum atomic E-state index is -3.51. The number of hydrogen-bond donors (Lipinski definition) is 2. The first-order chi connectivity index (χ1) is 15.0. The minimum Gasteiger partial charge on any atom is -0.372 e. The van der Waals surface area contributed by atoms with Crippen LogP contribution < -0.4 is 14.9 Å². The van der Waals surface area contributed by atoms with Gasteiger partial charge in [-0.25, -0.2) is 17.2 Å². The van der Waals surface area contributed by atoms with Gasteiger partial charge in [0.15, 0.2) is 11.6 Å². The maximum atomic E-state index is 14.7. The lowest BCUT2D eigenvalue weighted by Gasteiger charge is -2.37. The number of ether oxygens (including phenoxy) is 1. The number of halogens is 2. The van der Waals surface area contributed by atoms with E-state index < -0.39 is 32.8 Å². The molecule has 1 fully saturated rings. The summed E-state index contributed by atoms with van der Waals surface area (Å²) in [5.41, 5.74) is 0.350. The molecule has 2 atom stereocenters. The van der Waals surface area contributed by atoms with Gasteiger partial charge in [0.2, 0.25) is 10.0 Å². The minimum absolute atomic E-state index is 0.0207. The van der Waals surface area contributed by atoms with E-state index in [1.807, 2.05) is 13.8 Å². The van der Waals surface area contributed by atoms with Gasteiger partial charge >= 0.3 is 0 Å². The van der Waals surface area contributed by atoms with E-state index in [1.165, 1.54) is 24.3 Å². The molecule has 2 N–H and O–H groups in total. The largest absolute Gasteiger partial charge is 0.372 e. The molecule has 3 rings (SSSR count). The Morgan fingerprint density at radius 3 is 2.06 bits per heavy atom. The summed E-state index contributed by atoms with van der Waals surface area (Å²) in [5.74, 6) is -2.14. The zero-order valence-electron chi connectivity index (χ0n) is 18.4. The molecule has 2 aromatic rings. The first-order valence-corrected chi connectivity index (χ1v) is 11.8. The molecule has 174 valence electrons. The van der Waals surface area contributed by atoms with Crippen LogP contribution in [-0.2, 0) is 14.8 Å². The highest BCUT2D eigenvalue weighted by atomic mass is 32.2. The molecule has 32 heavy (non-hydrogen) atoms. The van der Waals surface area contributed by atoms with Crippen LogP contribution in [0.15, 0.2) is 36.4 Å². The molecule has 1 saturated heterocycles. The van der Waals surface area contributed by atoms with Crippen molar-refractivity contribution in [2.45, 2.75) is 45.2 Å². The van der Waals surface area contributed by atoms with Crippen molar-refractivity contribution in [1.82, 2.24) is 0 Å². The number of nitrogens with zero attached hydrogens (tertiary/aromatic N) is 1. The molecule has 0 saturated carbocycles. The SMILES string of the molecule is CC1CN(c2c(F)cc(NC(=O)c3ccc(NS(=O)(=O)C(C)C)cc3)cc2F)CC(C)O1. The molecule has 0 bridgehead atoms. The summed E-state index contributed by atoms with van der Waals surface area (Å²) in [4.78, 5) is 14.1. The fraction of sp³-hybridized carbons (Fsp3) is 0.409. The van der Waals surface area contributed by atoms with Crippen LogP contribution in [0.2, 0.25) is 0 Å². The second kappa shape index (κ2) is 9.41. The van der Waals surface area contributed by atoms with Gasteiger partial charge in [0, 0.05) is 30.0 Å². The third kappa shape index (κ3) is 5.55. The number of benzene rings is 2. The number of amides is 1. The molecular weight excluding hydrogens is 440 g/mol. The van der Waals surface area contributed by atoms with E-state index in [4.69, 9.17) is 4.74 Å². The van der Waals surface area contributed by atoms with Crippen molar-refractivity contribution < 1.29 is 26.7 Å². The quantitative estimate of drug-likeness (QED) is 0.671. The van der Waals surface area contributed by atoms with Crippen LogP contribution in [0.4, 0.5) is 25.8 Å². The van der Waals surface area contributed by atoms with Gasteiger partial charge in [0.1, 0.15) is 5.69 Å². The average molecular weight is 468 g/mol. The zero-order chi connectivity index (χ0) is 23.6. The van der Waals surface area contributed by atoms with Gasteiger partial charge in [-0.15, -0.1) is 0 Å². The summed E-state index contributed by atoms with van der Waals surface area (Å²) in [6.45, 7) is 7.49. The summed E-state index contributed by atoms with van der Waals surface area (Å²) >= 11 is 0. The maximum Gasteiger partial charge on any atom is 0.255 e. The molecule has 2 unspecified atom stereocenters. The van der Waals surface area contributed by atoms with Crippen molar-refractivity contribution in [2.24, 2.45) is 0 Å². The molecule has 1 amide bonds. The van der Waals surface area contributed by atoms with Crippen molar-refractivity contribution >= 4 is 33.0 Å². The lowest BCUT2D eigenvalue weighted by molar-refractivity contribution is -0.00558. The average Bonchev–Trinajstić information content (AvgIpc) is 2.66. The number of rotatable bonds is 6. The van der Waals surface area contributed by atoms with Crippen molar-refractivity contribution in [1.29, 1.82) is 0 Å². The van der Waals surface area contributed by atoms with E-state index >= 15 is 0 Å². The predicted molar refractivity (Wildman–Crippen MR) is 121 cm³/mol. The van der Waals surface area contributed by atoms with Gasteiger partial charge in [-0.3, -0.25) is 9.52 Å². The Hall–Kier alpha value is -2.72. The topological polar surface area (TPSA) is 87.7 Å². The number of morpholine rings is 1. The van der Waals surface area contributed by atoms with Gasteiger partial charge in [-0.1, -0.05) is 0 Å². The third-order valence-electron chi connectivity index (χ3n) is 5.04. The monoisotopic (exact) mass is 467 g/mol. The summed E-state index contributed by atoms with van der Waals surface area (Å²) in [7, 11) is -3.51. The summed E-state index contributed by atoms with van der Waals surface area (Å²) in [6.07, 6.45) is -0.324. The van der Waals surface area contributed by atoms with Crippen LogP contribution in [0.5, 0.6) is 0 Å². The molecule has 0 aliphatic carbocycles. The molecule has 1 aliphatic rings. The molecule has 7 nitrogen and oxygen atoms in total. The van der Waals surface area contributed by atoms with E-state index in [0.29, 0.717) is 18.8 Å². The van der Waals surface area contributed by atoms with Crippen LogP contribution in [0.3, 0.4) is 0 Å². The first kappa shape index (κ1) is 23.9. The van der Waals surface area contributed by atoms with Crippen molar-refractivity contribution in [3.05, 3.63) is 53.6 Å². The Kier molecular flexibility index (Phi) is 7.04. The molecular formula is C22H27F2N3O4S. The summed E-state index contributed by atoms with van der Waals surface area (Å²) in [5, 5.41) is 1.86. The van der Waals surface area contributed by atoms with Crippen LogP contribution in [0.25, 0.3) is 0 Å². The number of anilines is 3. The molecule has 0 radical (unpaired) electrons. The van der Waals surface area contributed by atoms with Gasteiger partial charge in [-0.05, 0) is 64.1 Å². The van der Waals surface area contributed by atoms with Crippen LogP contribution in [0, 0.1) is 11.6 Å². The Balaban J connectivity index is 1.73. The molecule has 10 heteroatoms. The Labute approximate surface area is 186 Å². The summed E-state index contributed by atoms with van der Waals surface area (Å²) in [6, 6.07) is 7.88. The normalized spacial score (nSPS) is 19.2. The van der Waals surface area contributed by atoms with Crippen LogP contribution in [0.1, 0.15) is 38.1 Å². The van der Waals surface area contributed by atoms with E-state index in [1.54, 1.807) is 18.7 Å². The fourth-order valence-electron chi connectivity index (χ4n) is 3.48. The Bertz CT molecular complexity index is 1060. The highest BCUT2D eigenvalue weighted by molar-refractivity contribution is 7.93. The smallest absolute Gasteiger partial charge is 0.255 e. The standard InChI is InChI=1S/C22H27F2N3O4S/c1-13(2)32(29,30)26-17-7-5-16(6-8-17)22(28)25-18-9-19(23)21(20(24)10-18)27-11-14(3)31-15(4)12-27/h5-10,13-15,26H,11-12H2,1-4H3,(H,25,28). The Morgan fingerprint density at radius 2 is 1.56 bits per heavy atom. The number of hydrogen-bond acceptors (Lipinski definition) is 5.